The normalized spacial score (nSPS) is 21.2. The highest BCUT2D eigenvalue weighted by atomic mass is 19.1. The van der Waals surface area contributed by atoms with Crippen molar-refractivity contribution in [1.82, 2.24) is 0 Å². The molecular weight excluding hydrogens is 158 g/mol. The van der Waals surface area contributed by atoms with Crippen molar-refractivity contribution in [2.75, 3.05) is 0 Å². The van der Waals surface area contributed by atoms with Crippen LogP contribution in [0.15, 0.2) is 18.2 Å². The highest BCUT2D eigenvalue weighted by Gasteiger charge is 2.34. The van der Waals surface area contributed by atoms with E-state index in [4.69, 9.17) is 4.65 Å². The Bertz CT molecular complexity index is 316. The number of halogens is 1. The van der Waals surface area contributed by atoms with E-state index >= 15 is 0 Å². The molecule has 1 N–H and O–H groups in total. The van der Waals surface area contributed by atoms with Crippen LogP contribution in [0.2, 0.25) is 0 Å². The van der Waals surface area contributed by atoms with E-state index in [0.29, 0.717) is 0 Å². The second-order valence-electron chi connectivity index (χ2n) is 2.87. The van der Waals surface area contributed by atoms with Crippen LogP contribution in [-0.2, 0) is 4.65 Å². The molecule has 0 aliphatic carbocycles. The molecule has 1 aromatic rings. The summed E-state index contributed by atoms with van der Waals surface area (Å²) in [6, 6.07) is 4.70. The zero-order chi connectivity index (χ0) is 8.72. The summed E-state index contributed by atoms with van der Waals surface area (Å²) in [5.41, 5.74) is 1.02. The van der Waals surface area contributed by atoms with Crippen LogP contribution in [0.3, 0.4) is 0 Å². The van der Waals surface area contributed by atoms with Gasteiger partial charge in [-0.1, -0.05) is 12.1 Å². The molecule has 12 heavy (non-hydrogen) atoms. The van der Waals surface area contributed by atoms with Crippen LogP contribution in [0.4, 0.5) is 4.39 Å². The summed E-state index contributed by atoms with van der Waals surface area (Å²) in [7, 11) is -1.10. The third kappa shape index (κ3) is 0.957. The molecule has 1 heterocycles. The Morgan fingerprint density at radius 3 is 3.00 bits per heavy atom. The van der Waals surface area contributed by atoms with Gasteiger partial charge in [0.25, 0.3) is 0 Å². The van der Waals surface area contributed by atoms with Gasteiger partial charge in [0.05, 0.1) is 6.10 Å². The van der Waals surface area contributed by atoms with E-state index in [1.165, 1.54) is 6.07 Å². The minimum atomic E-state index is -1.10. The average Bonchev–Trinajstić information content (AvgIpc) is 2.29. The molecule has 0 saturated heterocycles. The molecule has 0 radical (unpaired) electrons. The molecule has 1 aromatic carbocycles. The summed E-state index contributed by atoms with van der Waals surface area (Å²) in [4.78, 5) is 0. The van der Waals surface area contributed by atoms with E-state index in [1.807, 2.05) is 0 Å². The minimum Gasteiger partial charge on any atom is -0.423 e. The molecule has 0 aromatic heterocycles. The molecule has 0 saturated carbocycles. The van der Waals surface area contributed by atoms with Gasteiger partial charge in [0.15, 0.2) is 0 Å². The van der Waals surface area contributed by atoms with Gasteiger partial charge in [0, 0.05) is 5.46 Å². The van der Waals surface area contributed by atoms with Crippen LogP contribution in [0.5, 0.6) is 0 Å². The molecule has 4 heteroatoms. The van der Waals surface area contributed by atoms with Crippen LogP contribution in [-0.4, -0.2) is 12.1 Å². The molecule has 0 bridgehead atoms. The van der Waals surface area contributed by atoms with E-state index < -0.39 is 12.9 Å². The van der Waals surface area contributed by atoms with Gasteiger partial charge < -0.3 is 9.68 Å². The Labute approximate surface area is 70.1 Å². The quantitative estimate of drug-likeness (QED) is 0.572. The van der Waals surface area contributed by atoms with Crippen molar-refractivity contribution in [1.29, 1.82) is 0 Å². The van der Waals surface area contributed by atoms with Gasteiger partial charge in [0.2, 0.25) is 0 Å². The third-order valence-corrected chi connectivity index (χ3v) is 2.10. The van der Waals surface area contributed by atoms with Gasteiger partial charge in [-0.05, 0) is 18.6 Å². The number of rotatable bonds is 0. The van der Waals surface area contributed by atoms with Gasteiger partial charge in [-0.25, -0.2) is 4.39 Å². The average molecular weight is 166 g/mol. The van der Waals surface area contributed by atoms with Crippen molar-refractivity contribution in [3.63, 3.8) is 0 Å². The van der Waals surface area contributed by atoms with Gasteiger partial charge >= 0.3 is 7.12 Å². The lowest BCUT2D eigenvalue weighted by atomic mass is 9.79. The molecule has 1 atom stereocenters. The number of hydrogen-bond acceptors (Lipinski definition) is 2. The lowest BCUT2D eigenvalue weighted by molar-refractivity contribution is 0.209. The van der Waals surface area contributed by atoms with E-state index in [9.17, 15) is 9.41 Å². The summed E-state index contributed by atoms with van der Waals surface area (Å²) in [6.07, 6.45) is -0.217. The summed E-state index contributed by atoms with van der Waals surface area (Å²) < 4.78 is 18.1. The molecule has 0 fully saturated rings. The maximum atomic E-state index is 13.1. The molecule has 1 aliphatic heterocycles. The smallest absolute Gasteiger partial charge is 0.423 e. The first-order chi connectivity index (χ1) is 5.70. The topological polar surface area (TPSA) is 29.5 Å². The van der Waals surface area contributed by atoms with Gasteiger partial charge in [-0.2, -0.15) is 0 Å². The van der Waals surface area contributed by atoms with Gasteiger partial charge in [0.1, 0.15) is 5.82 Å². The summed E-state index contributed by atoms with van der Waals surface area (Å²) in [5, 5.41) is 9.27. The van der Waals surface area contributed by atoms with Crippen molar-refractivity contribution in [3.05, 3.63) is 29.6 Å². The van der Waals surface area contributed by atoms with Crippen molar-refractivity contribution < 1.29 is 14.1 Å². The van der Waals surface area contributed by atoms with Crippen molar-refractivity contribution in [2.24, 2.45) is 0 Å². The molecule has 0 spiro atoms. The first-order valence-electron chi connectivity index (χ1n) is 3.82. The first-order valence-corrected chi connectivity index (χ1v) is 3.82. The van der Waals surface area contributed by atoms with Crippen molar-refractivity contribution in [2.45, 2.75) is 13.0 Å². The van der Waals surface area contributed by atoms with Gasteiger partial charge in [-0.15, -0.1) is 0 Å². The highest BCUT2D eigenvalue weighted by molar-refractivity contribution is 6.61. The van der Waals surface area contributed by atoms with Crippen molar-refractivity contribution in [3.8, 4) is 0 Å². The molecular formula is C8H8BFO2. The minimum absolute atomic E-state index is 0.217. The third-order valence-electron chi connectivity index (χ3n) is 2.10. The molecule has 2 rings (SSSR count). The van der Waals surface area contributed by atoms with Crippen LogP contribution in [0, 0.1) is 5.82 Å². The second kappa shape index (κ2) is 2.57. The lowest BCUT2D eigenvalue weighted by Gasteiger charge is -2.02. The monoisotopic (exact) mass is 166 g/mol. The van der Waals surface area contributed by atoms with E-state index in [2.05, 4.69) is 0 Å². The lowest BCUT2D eigenvalue weighted by Crippen LogP contribution is -2.30. The molecule has 62 valence electrons. The maximum absolute atomic E-state index is 13.1. The fourth-order valence-electron chi connectivity index (χ4n) is 1.50. The zero-order valence-electron chi connectivity index (χ0n) is 6.62. The summed E-state index contributed by atoms with van der Waals surface area (Å²) in [6.45, 7) is 1.79. The number of fused-ring (bicyclic) bond motifs is 1. The van der Waals surface area contributed by atoms with E-state index in [-0.39, 0.29) is 11.6 Å². The summed E-state index contributed by atoms with van der Waals surface area (Å²) in [5.74, 6) is -0.399. The Hall–Kier alpha value is -0.865. The van der Waals surface area contributed by atoms with Crippen LogP contribution in [0.25, 0.3) is 0 Å². The van der Waals surface area contributed by atoms with Crippen LogP contribution < -0.4 is 5.46 Å². The van der Waals surface area contributed by atoms with Crippen LogP contribution >= 0.6 is 0 Å². The largest absolute Gasteiger partial charge is 0.494 e. The predicted octanol–water partition coefficient (Wildman–Crippen LogP) is 0.604. The molecule has 1 aliphatic rings. The molecule has 1 unspecified atom stereocenters. The highest BCUT2D eigenvalue weighted by Crippen LogP contribution is 2.22. The van der Waals surface area contributed by atoms with Crippen LogP contribution in [0.1, 0.15) is 18.6 Å². The Morgan fingerprint density at radius 1 is 1.58 bits per heavy atom. The number of benzene rings is 1. The maximum Gasteiger partial charge on any atom is 0.494 e. The molecule has 2 nitrogen and oxygen atoms in total. The number of hydrogen-bond donors (Lipinski definition) is 1. The first kappa shape index (κ1) is 7.77. The fraction of sp³-hybridized carbons (Fsp3) is 0.250. The summed E-state index contributed by atoms with van der Waals surface area (Å²) >= 11 is 0. The SMILES string of the molecule is CC1OB(O)c2c(F)cccc21. The standard InChI is InChI=1S/C8H8BFO2/c1-5-6-3-2-4-7(10)8(6)9(11)12-5/h2-5,11H,1H3. The van der Waals surface area contributed by atoms with E-state index in [0.717, 1.165) is 5.56 Å². The van der Waals surface area contributed by atoms with E-state index in [1.54, 1.807) is 19.1 Å². The Morgan fingerprint density at radius 2 is 2.33 bits per heavy atom. The van der Waals surface area contributed by atoms with Gasteiger partial charge in [-0.3, -0.25) is 0 Å². The Balaban J connectivity index is 2.59. The second-order valence-corrected chi connectivity index (χ2v) is 2.87. The fourth-order valence-corrected chi connectivity index (χ4v) is 1.50. The molecule has 0 amide bonds. The van der Waals surface area contributed by atoms with Crippen molar-refractivity contribution >= 4 is 12.6 Å². The predicted molar refractivity (Wildman–Crippen MR) is 43.5 cm³/mol. The zero-order valence-corrected chi connectivity index (χ0v) is 6.62. The Kier molecular flexibility index (Phi) is 1.66.